The van der Waals surface area contributed by atoms with Crippen molar-refractivity contribution >= 4 is 0 Å². The van der Waals surface area contributed by atoms with E-state index < -0.39 is 6.17 Å². The normalized spacial score (nSPS) is 30.6. The first kappa shape index (κ1) is 11.9. The van der Waals surface area contributed by atoms with Gasteiger partial charge in [0.05, 0.1) is 12.6 Å². The molecule has 14 heavy (non-hydrogen) atoms. The largest absolute Gasteiger partial charge is 0.359 e. The Labute approximate surface area is 86.4 Å². The summed E-state index contributed by atoms with van der Waals surface area (Å²) in [6.07, 6.45) is -0.851. The average Bonchev–Trinajstić information content (AvgIpc) is 2.23. The molecule has 0 saturated carbocycles. The van der Waals surface area contributed by atoms with Crippen LogP contribution in [0.25, 0.3) is 0 Å². The molecule has 0 amide bonds. The van der Waals surface area contributed by atoms with E-state index in [1.165, 1.54) is 0 Å². The fourth-order valence-corrected chi connectivity index (χ4v) is 2.48. The van der Waals surface area contributed by atoms with Crippen LogP contribution >= 0.6 is 0 Å². The van der Waals surface area contributed by atoms with Gasteiger partial charge in [0, 0.05) is 5.54 Å². The van der Waals surface area contributed by atoms with E-state index in [9.17, 15) is 4.39 Å². The molecule has 1 aliphatic rings. The summed E-state index contributed by atoms with van der Waals surface area (Å²) in [6, 6.07) is -0.120. The van der Waals surface area contributed by atoms with Crippen molar-refractivity contribution in [3.63, 3.8) is 0 Å². The number of hydrogen-bond donors (Lipinski definition) is 0. The summed E-state index contributed by atoms with van der Waals surface area (Å²) < 4.78 is 19.0. The predicted molar refractivity (Wildman–Crippen MR) is 56.0 cm³/mol. The van der Waals surface area contributed by atoms with Crippen LogP contribution in [0.15, 0.2) is 0 Å². The van der Waals surface area contributed by atoms with Gasteiger partial charge in [-0.15, -0.1) is 0 Å². The number of nitrogens with zero attached hydrogens (tertiary/aromatic N) is 1. The molecule has 0 aromatic rings. The Morgan fingerprint density at radius 1 is 1.43 bits per heavy atom. The van der Waals surface area contributed by atoms with Gasteiger partial charge in [0.15, 0.2) is 0 Å². The van der Waals surface area contributed by atoms with Gasteiger partial charge in [-0.1, -0.05) is 0 Å². The molecule has 1 rings (SSSR count). The zero-order valence-electron chi connectivity index (χ0n) is 10.1. The summed E-state index contributed by atoms with van der Waals surface area (Å²) in [4.78, 5) is 2.13. The minimum absolute atomic E-state index is 0.0645. The third-order valence-corrected chi connectivity index (χ3v) is 2.77. The lowest BCUT2D eigenvalue weighted by atomic mass is 9.99. The maximum absolute atomic E-state index is 13.4. The summed E-state index contributed by atoms with van der Waals surface area (Å²) in [5, 5.41) is 0. The molecule has 0 aromatic heterocycles. The van der Waals surface area contributed by atoms with E-state index in [-0.39, 0.29) is 17.3 Å². The molecule has 2 atom stereocenters. The number of ether oxygens (including phenoxy) is 1. The number of halogens is 1. The summed E-state index contributed by atoms with van der Waals surface area (Å²) in [5.41, 5.74) is -0.422. The van der Waals surface area contributed by atoms with Crippen LogP contribution in [0.3, 0.4) is 0 Å². The van der Waals surface area contributed by atoms with Crippen LogP contribution in [-0.2, 0) is 4.74 Å². The van der Waals surface area contributed by atoms with Crippen molar-refractivity contribution in [1.82, 2.24) is 4.90 Å². The fourth-order valence-electron chi connectivity index (χ4n) is 2.48. The van der Waals surface area contributed by atoms with Crippen LogP contribution < -0.4 is 0 Å². The minimum atomic E-state index is -0.851. The lowest BCUT2D eigenvalue weighted by molar-refractivity contribution is -0.0957. The van der Waals surface area contributed by atoms with Gasteiger partial charge in [0.1, 0.15) is 11.9 Å². The summed E-state index contributed by atoms with van der Waals surface area (Å²) in [5.74, 6) is 0. The summed E-state index contributed by atoms with van der Waals surface area (Å²) in [7, 11) is 0. The molecule has 0 aromatic carbocycles. The standard InChI is InChI=1S/C11H22FNO/c1-8(12)9-7-14-11(5,6)13(9)10(2,3)4/h8-9H,7H2,1-6H3/t8?,9-/m0/s1. The Morgan fingerprint density at radius 2 is 1.93 bits per heavy atom. The van der Waals surface area contributed by atoms with Crippen molar-refractivity contribution in [2.24, 2.45) is 0 Å². The van der Waals surface area contributed by atoms with E-state index >= 15 is 0 Å². The van der Waals surface area contributed by atoms with Crippen LogP contribution in [0.2, 0.25) is 0 Å². The second-order valence-corrected chi connectivity index (χ2v) is 5.54. The molecule has 1 saturated heterocycles. The van der Waals surface area contributed by atoms with Gasteiger partial charge in [-0.3, -0.25) is 4.90 Å². The van der Waals surface area contributed by atoms with Crippen LogP contribution in [-0.4, -0.2) is 35.0 Å². The molecule has 1 aliphatic heterocycles. The topological polar surface area (TPSA) is 12.5 Å². The molecule has 2 nitrogen and oxygen atoms in total. The highest BCUT2D eigenvalue weighted by molar-refractivity contribution is 4.96. The lowest BCUT2D eigenvalue weighted by Crippen LogP contribution is -2.56. The number of hydrogen-bond acceptors (Lipinski definition) is 2. The molecule has 0 aliphatic carbocycles. The zero-order chi connectivity index (χ0) is 11.1. The minimum Gasteiger partial charge on any atom is -0.359 e. The first-order valence-electron chi connectivity index (χ1n) is 5.24. The van der Waals surface area contributed by atoms with Crippen molar-refractivity contribution in [2.75, 3.05) is 6.61 Å². The number of rotatable bonds is 1. The second-order valence-electron chi connectivity index (χ2n) is 5.54. The highest BCUT2D eigenvalue weighted by Crippen LogP contribution is 2.36. The molecule has 0 radical (unpaired) electrons. The molecule has 1 unspecified atom stereocenters. The average molecular weight is 203 g/mol. The Morgan fingerprint density at radius 3 is 2.21 bits per heavy atom. The van der Waals surface area contributed by atoms with E-state index in [4.69, 9.17) is 4.74 Å². The van der Waals surface area contributed by atoms with Gasteiger partial charge >= 0.3 is 0 Å². The Hall–Kier alpha value is -0.150. The maximum Gasteiger partial charge on any atom is 0.116 e. The second kappa shape index (κ2) is 3.46. The molecule has 3 heteroatoms. The summed E-state index contributed by atoms with van der Waals surface area (Å²) in [6.45, 7) is 12.4. The predicted octanol–water partition coefficient (Wildman–Crippen LogP) is 2.58. The third kappa shape index (κ3) is 2.09. The Balaban J connectivity index is 2.93. The molecular formula is C11H22FNO. The van der Waals surface area contributed by atoms with Gasteiger partial charge in [-0.05, 0) is 41.5 Å². The molecule has 84 valence electrons. The quantitative estimate of drug-likeness (QED) is 0.649. The third-order valence-electron chi connectivity index (χ3n) is 2.77. The summed E-state index contributed by atoms with van der Waals surface area (Å²) >= 11 is 0. The number of alkyl halides is 1. The van der Waals surface area contributed by atoms with Gasteiger partial charge in [0.2, 0.25) is 0 Å². The van der Waals surface area contributed by atoms with E-state index in [0.717, 1.165) is 0 Å². The smallest absolute Gasteiger partial charge is 0.116 e. The Bertz CT molecular complexity index is 208. The first-order valence-corrected chi connectivity index (χ1v) is 5.24. The molecular weight excluding hydrogens is 181 g/mol. The van der Waals surface area contributed by atoms with E-state index in [1.807, 2.05) is 13.8 Å². The van der Waals surface area contributed by atoms with Crippen LogP contribution in [0.4, 0.5) is 4.39 Å². The first-order chi connectivity index (χ1) is 6.16. The molecule has 1 fully saturated rings. The van der Waals surface area contributed by atoms with Crippen molar-refractivity contribution < 1.29 is 9.13 Å². The van der Waals surface area contributed by atoms with E-state index in [1.54, 1.807) is 6.92 Å². The van der Waals surface area contributed by atoms with Crippen LogP contribution in [0, 0.1) is 0 Å². The zero-order valence-corrected chi connectivity index (χ0v) is 10.1. The van der Waals surface area contributed by atoms with E-state index in [2.05, 4.69) is 25.7 Å². The van der Waals surface area contributed by atoms with E-state index in [0.29, 0.717) is 6.61 Å². The van der Waals surface area contributed by atoms with Crippen molar-refractivity contribution in [3.8, 4) is 0 Å². The highest BCUT2D eigenvalue weighted by atomic mass is 19.1. The molecule has 0 bridgehead atoms. The van der Waals surface area contributed by atoms with Gasteiger partial charge in [0.25, 0.3) is 0 Å². The molecule has 0 spiro atoms. The van der Waals surface area contributed by atoms with Crippen molar-refractivity contribution in [1.29, 1.82) is 0 Å². The van der Waals surface area contributed by atoms with Crippen LogP contribution in [0.1, 0.15) is 41.5 Å². The van der Waals surface area contributed by atoms with Crippen molar-refractivity contribution in [2.45, 2.75) is 65.0 Å². The van der Waals surface area contributed by atoms with Gasteiger partial charge in [-0.25, -0.2) is 4.39 Å². The lowest BCUT2D eigenvalue weighted by Gasteiger charge is -2.44. The Kier molecular flexibility index (Phi) is 2.94. The molecule has 1 heterocycles. The van der Waals surface area contributed by atoms with Gasteiger partial charge < -0.3 is 4.74 Å². The fraction of sp³-hybridized carbons (Fsp3) is 1.00. The van der Waals surface area contributed by atoms with Crippen LogP contribution in [0.5, 0.6) is 0 Å². The SMILES string of the molecule is CC(F)[C@@H]1COC(C)(C)N1C(C)(C)C. The van der Waals surface area contributed by atoms with Crippen molar-refractivity contribution in [3.05, 3.63) is 0 Å². The molecule has 0 N–H and O–H groups in total. The monoisotopic (exact) mass is 203 g/mol. The van der Waals surface area contributed by atoms with Gasteiger partial charge in [-0.2, -0.15) is 0 Å². The maximum atomic E-state index is 13.4. The highest BCUT2D eigenvalue weighted by Gasteiger charge is 2.48.